The molecule has 1 aromatic rings. The number of rotatable bonds is 5. The molecule has 1 spiro atoms. The zero-order chi connectivity index (χ0) is 19.7. The lowest BCUT2D eigenvalue weighted by molar-refractivity contribution is -0.139. The quantitative estimate of drug-likeness (QED) is 0.772. The fourth-order valence-electron chi connectivity index (χ4n) is 4.52. The van der Waals surface area contributed by atoms with Crippen LogP contribution in [0.25, 0.3) is 0 Å². The molecule has 7 nitrogen and oxygen atoms in total. The van der Waals surface area contributed by atoms with Gasteiger partial charge in [0, 0.05) is 62.9 Å². The number of amides is 2. The molecule has 4 rings (SSSR count). The molecule has 1 aliphatic carbocycles. The van der Waals surface area contributed by atoms with Crippen LogP contribution in [-0.4, -0.2) is 83.3 Å². The van der Waals surface area contributed by atoms with Gasteiger partial charge in [-0.15, -0.1) is 0 Å². The van der Waals surface area contributed by atoms with Crippen molar-refractivity contribution in [3.8, 4) is 0 Å². The summed E-state index contributed by atoms with van der Waals surface area (Å²) < 4.78 is 0. The van der Waals surface area contributed by atoms with Crippen LogP contribution in [0.15, 0.2) is 12.4 Å². The minimum absolute atomic E-state index is 0.0261. The molecule has 0 N–H and O–H groups in total. The Kier molecular flexibility index (Phi) is 5.36. The summed E-state index contributed by atoms with van der Waals surface area (Å²) in [6.45, 7) is 3.90. The summed E-state index contributed by atoms with van der Waals surface area (Å²) in [5, 5.41) is 0. The third kappa shape index (κ3) is 4.19. The smallest absolute Gasteiger partial charge is 0.257 e. The Morgan fingerprint density at radius 2 is 1.96 bits per heavy atom. The predicted octanol–water partition coefficient (Wildman–Crippen LogP) is 1.76. The predicted molar refractivity (Wildman–Crippen MR) is 106 cm³/mol. The Morgan fingerprint density at radius 3 is 2.64 bits per heavy atom. The van der Waals surface area contributed by atoms with E-state index in [9.17, 15) is 9.59 Å². The molecule has 3 fully saturated rings. The Hall–Kier alpha value is -2.02. The first-order valence-corrected chi connectivity index (χ1v) is 10.5. The zero-order valence-electron chi connectivity index (χ0n) is 17.1. The highest BCUT2D eigenvalue weighted by atomic mass is 16.2. The maximum absolute atomic E-state index is 13.0. The second kappa shape index (κ2) is 7.78. The minimum atomic E-state index is 0.0261. The third-order valence-corrected chi connectivity index (χ3v) is 6.38. The summed E-state index contributed by atoms with van der Waals surface area (Å²) in [6, 6.07) is 0. The van der Waals surface area contributed by atoms with Crippen LogP contribution in [0.1, 0.15) is 60.6 Å². The third-order valence-electron chi connectivity index (χ3n) is 6.38. The van der Waals surface area contributed by atoms with Crippen LogP contribution in [0, 0.1) is 5.41 Å². The van der Waals surface area contributed by atoms with Crippen molar-refractivity contribution in [2.45, 2.75) is 44.4 Å². The Morgan fingerprint density at radius 1 is 1.21 bits per heavy atom. The van der Waals surface area contributed by atoms with Gasteiger partial charge in [0.15, 0.2) is 0 Å². The molecule has 2 saturated heterocycles. The lowest BCUT2D eigenvalue weighted by Crippen LogP contribution is -2.55. The maximum Gasteiger partial charge on any atom is 0.257 e. The summed E-state index contributed by atoms with van der Waals surface area (Å²) in [6.07, 6.45) is 9.24. The molecule has 3 aliphatic rings. The minimum Gasteiger partial charge on any atom is -0.341 e. The first kappa shape index (κ1) is 19.3. The van der Waals surface area contributed by atoms with Crippen molar-refractivity contribution in [1.82, 2.24) is 24.7 Å². The first-order valence-electron chi connectivity index (χ1n) is 10.5. The van der Waals surface area contributed by atoms with E-state index >= 15 is 0 Å². The number of likely N-dealkylation sites (N-methyl/N-ethyl adjacent to an activating group) is 1. The Labute approximate surface area is 167 Å². The lowest BCUT2D eigenvalue weighted by atomic mass is 9.73. The molecule has 1 atom stereocenters. The fraction of sp³-hybridized carbons (Fsp3) is 0.714. The van der Waals surface area contributed by atoms with E-state index in [1.165, 1.54) is 0 Å². The standard InChI is InChI=1S/C21H31N5O2/c1-24(2)10-11-25-14-21(8-6-18(25)27)7-3-9-26(15-21)20(28)17-12-22-19(23-13-17)16-4-5-16/h12-13,16H,3-11,14-15H2,1-2H3. The van der Waals surface area contributed by atoms with Crippen LogP contribution in [0.4, 0.5) is 0 Å². The van der Waals surface area contributed by atoms with Gasteiger partial charge in [0.05, 0.1) is 5.56 Å². The van der Waals surface area contributed by atoms with E-state index in [4.69, 9.17) is 0 Å². The number of likely N-dealkylation sites (tertiary alicyclic amines) is 2. The van der Waals surface area contributed by atoms with Gasteiger partial charge in [0.1, 0.15) is 5.82 Å². The monoisotopic (exact) mass is 385 g/mol. The number of aromatic nitrogens is 2. The Bertz CT molecular complexity index is 731. The number of nitrogens with zero attached hydrogens (tertiary/aromatic N) is 5. The lowest BCUT2D eigenvalue weighted by Gasteiger charge is -2.48. The van der Waals surface area contributed by atoms with E-state index in [-0.39, 0.29) is 17.2 Å². The van der Waals surface area contributed by atoms with Crippen molar-refractivity contribution >= 4 is 11.8 Å². The van der Waals surface area contributed by atoms with Crippen molar-refractivity contribution in [2.75, 3.05) is 46.8 Å². The van der Waals surface area contributed by atoms with E-state index in [0.717, 1.165) is 70.7 Å². The van der Waals surface area contributed by atoms with Crippen LogP contribution in [0.5, 0.6) is 0 Å². The average Bonchev–Trinajstić information content (AvgIpc) is 3.54. The molecule has 7 heteroatoms. The number of hydrogen-bond acceptors (Lipinski definition) is 5. The molecule has 2 amide bonds. The molecule has 0 radical (unpaired) electrons. The highest BCUT2D eigenvalue weighted by molar-refractivity contribution is 5.93. The van der Waals surface area contributed by atoms with E-state index in [0.29, 0.717) is 17.9 Å². The van der Waals surface area contributed by atoms with Crippen LogP contribution in [-0.2, 0) is 4.79 Å². The van der Waals surface area contributed by atoms with Crippen LogP contribution in [0.2, 0.25) is 0 Å². The molecule has 152 valence electrons. The van der Waals surface area contributed by atoms with E-state index in [1.807, 2.05) is 23.9 Å². The van der Waals surface area contributed by atoms with Crippen molar-refractivity contribution in [3.63, 3.8) is 0 Å². The molecule has 2 aliphatic heterocycles. The second-order valence-corrected chi connectivity index (χ2v) is 9.05. The molecule has 3 heterocycles. The number of hydrogen-bond donors (Lipinski definition) is 0. The topological polar surface area (TPSA) is 69.6 Å². The largest absolute Gasteiger partial charge is 0.341 e. The highest BCUT2D eigenvalue weighted by Gasteiger charge is 2.42. The molecular weight excluding hydrogens is 354 g/mol. The van der Waals surface area contributed by atoms with E-state index in [2.05, 4.69) is 14.9 Å². The van der Waals surface area contributed by atoms with Gasteiger partial charge in [-0.1, -0.05) is 0 Å². The normalized spacial score (nSPS) is 25.6. The molecule has 0 aromatic carbocycles. The van der Waals surface area contributed by atoms with Gasteiger partial charge >= 0.3 is 0 Å². The van der Waals surface area contributed by atoms with Crippen molar-refractivity contribution in [3.05, 3.63) is 23.8 Å². The van der Waals surface area contributed by atoms with Crippen LogP contribution in [0.3, 0.4) is 0 Å². The number of carbonyl (C=O) groups excluding carboxylic acids is 2. The van der Waals surface area contributed by atoms with Gasteiger partial charge in [0.2, 0.25) is 5.91 Å². The van der Waals surface area contributed by atoms with Crippen molar-refractivity contribution < 1.29 is 9.59 Å². The summed E-state index contributed by atoms with van der Waals surface area (Å²) in [4.78, 5) is 40.3. The molecule has 1 unspecified atom stereocenters. The Balaban J connectivity index is 1.42. The highest BCUT2D eigenvalue weighted by Crippen LogP contribution is 2.39. The fourth-order valence-corrected chi connectivity index (χ4v) is 4.52. The summed E-state index contributed by atoms with van der Waals surface area (Å²) in [7, 11) is 4.06. The van der Waals surface area contributed by atoms with Gasteiger partial charge in [0.25, 0.3) is 5.91 Å². The number of piperidine rings is 2. The molecule has 1 saturated carbocycles. The summed E-state index contributed by atoms with van der Waals surface area (Å²) in [5.74, 6) is 1.64. The van der Waals surface area contributed by atoms with Gasteiger partial charge in [-0.2, -0.15) is 0 Å². The zero-order valence-corrected chi connectivity index (χ0v) is 17.1. The van der Waals surface area contributed by atoms with Crippen LogP contribution < -0.4 is 0 Å². The van der Waals surface area contributed by atoms with Gasteiger partial charge in [-0.25, -0.2) is 9.97 Å². The van der Waals surface area contributed by atoms with Gasteiger partial charge in [-0.3, -0.25) is 9.59 Å². The molecule has 0 bridgehead atoms. The average molecular weight is 386 g/mol. The number of carbonyl (C=O) groups is 2. The van der Waals surface area contributed by atoms with Crippen molar-refractivity contribution in [2.24, 2.45) is 5.41 Å². The van der Waals surface area contributed by atoms with E-state index < -0.39 is 0 Å². The first-order chi connectivity index (χ1) is 13.5. The van der Waals surface area contributed by atoms with Crippen LogP contribution >= 0.6 is 0 Å². The van der Waals surface area contributed by atoms with Gasteiger partial charge in [-0.05, 0) is 46.2 Å². The van der Waals surface area contributed by atoms with Crippen molar-refractivity contribution in [1.29, 1.82) is 0 Å². The summed E-state index contributed by atoms with van der Waals surface area (Å²) >= 11 is 0. The molecular formula is C21H31N5O2. The summed E-state index contributed by atoms with van der Waals surface area (Å²) in [5.41, 5.74) is 0.612. The van der Waals surface area contributed by atoms with Gasteiger partial charge < -0.3 is 14.7 Å². The SMILES string of the molecule is CN(C)CCN1CC2(CCCN(C(=O)c3cnc(C4CC4)nc3)C2)CCC1=O. The molecule has 1 aromatic heterocycles. The van der Waals surface area contributed by atoms with E-state index in [1.54, 1.807) is 12.4 Å². The molecule has 28 heavy (non-hydrogen) atoms. The maximum atomic E-state index is 13.0. The second-order valence-electron chi connectivity index (χ2n) is 9.05.